The normalized spacial score (nSPS) is 22.1. The number of ether oxygens (including phenoxy) is 1. The first-order valence-electron chi connectivity index (χ1n) is 12.6. The molecule has 2 aliphatic rings. The van der Waals surface area contributed by atoms with E-state index in [-0.39, 0.29) is 34.2 Å². The van der Waals surface area contributed by atoms with Crippen molar-refractivity contribution < 1.29 is 24.2 Å². The molecule has 2 aliphatic heterocycles. The number of benzene rings is 2. The topological polar surface area (TPSA) is 112 Å². The van der Waals surface area contributed by atoms with E-state index in [1.807, 2.05) is 14.0 Å². The number of likely N-dealkylation sites (N-methyl/N-ethyl adjacent to an activating group) is 1. The van der Waals surface area contributed by atoms with Crippen LogP contribution in [0.4, 0.5) is 0 Å². The molecule has 196 valence electrons. The lowest BCUT2D eigenvalue weighted by molar-refractivity contribution is -0.165. The average molecular weight is 527 g/mol. The highest BCUT2D eigenvalue weighted by Gasteiger charge is 2.41. The minimum absolute atomic E-state index is 0.0297. The SMILES string of the molecule is CN1CC[C@H](c2c(O)cc(O)c3c(=O)cc(-c4ccccc4Cl)oc23)[C@H](OC(=O)C2(C)CCNCC2)C1. The summed E-state index contributed by atoms with van der Waals surface area (Å²) in [6, 6.07) is 9.42. The van der Waals surface area contributed by atoms with Gasteiger partial charge in [-0.05, 0) is 65.0 Å². The van der Waals surface area contributed by atoms with Gasteiger partial charge in [0.1, 0.15) is 34.3 Å². The van der Waals surface area contributed by atoms with E-state index in [1.54, 1.807) is 24.3 Å². The number of piperidine rings is 2. The first kappa shape index (κ1) is 25.6. The molecule has 1 aromatic heterocycles. The molecule has 0 saturated carbocycles. The molecule has 9 heteroatoms. The minimum Gasteiger partial charge on any atom is -0.507 e. The predicted molar refractivity (Wildman–Crippen MR) is 141 cm³/mol. The van der Waals surface area contributed by atoms with Crippen LogP contribution in [-0.2, 0) is 9.53 Å². The van der Waals surface area contributed by atoms with Crippen LogP contribution in [-0.4, -0.2) is 60.4 Å². The van der Waals surface area contributed by atoms with E-state index >= 15 is 0 Å². The van der Waals surface area contributed by atoms with Crippen LogP contribution in [0.5, 0.6) is 11.5 Å². The number of likely N-dealkylation sites (tertiary alicyclic amines) is 1. The third-order valence-corrected chi connectivity index (χ3v) is 8.06. The summed E-state index contributed by atoms with van der Waals surface area (Å²) in [5, 5.41) is 25.3. The number of aromatic hydroxyl groups is 2. The molecule has 0 unspecified atom stereocenters. The Kier molecular flexibility index (Phi) is 6.91. The first-order chi connectivity index (χ1) is 17.7. The van der Waals surface area contributed by atoms with Gasteiger partial charge < -0.3 is 29.6 Å². The van der Waals surface area contributed by atoms with Crippen LogP contribution < -0.4 is 10.7 Å². The number of carbonyl (C=O) groups excluding carboxylic acids is 1. The van der Waals surface area contributed by atoms with E-state index < -0.39 is 22.9 Å². The molecular weight excluding hydrogens is 496 g/mol. The summed E-state index contributed by atoms with van der Waals surface area (Å²) >= 11 is 6.37. The van der Waals surface area contributed by atoms with Crippen molar-refractivity contribution in [2.75, 3.05) is 33.2 Å². The second-order valence-electron chi connectivity index (χ2n) is 10.4. The highest BCUT2D eigenvalue weighted by atomic mass is 35.5. The van der Waals surface area contributed by atoms with Crippen molar-refractivity contribution in [3.05, 3.63) is 57.2 Å². The molecule has 2 saturated heterocycles. The third kappa shape index (κ3) is 4.81. The highest BCUT2D eigenvalue weighted by Crippen LogP contribution is 2.44. The monoisotopic (exact) mass is 526 g/mol. The van der Waals surface area contributed by atoms with Crippen LogP contribution in [0, 0.1) is 5.41 Å². The van der Waals surface area contributed by atoms with Crippen molar-refractivity contribution in [1.29, 1.82) is 0 Å². The van der Waals surface area contributed by atoms with E-state index in [0.29, 0.717) is 48.5 Å². The van der Waals surface area contributed by atoms with Gasteiger partial charge in [0.05, 0.1) is 10.4 Å². The van der Waals surface area contributed by atoms with Gasteiger partial charge in [-0.25, -0.2) is 0 Å². The number of halogens is 1. The van der Waals surface area contributed by atoms with Gasteiger partial charge in [-0.3, -0.25) is 9.59 Å². The molecule has 3 N–H and O–H groups in total. The number of esters is 1. The molecule has 2 aromatic carbocycles. The number of hydrogen-bond donors (Lipinski definition) is 3. The number of fused-ring (bicyclic) bond motifs is 1. The fraction of sp³-hybridized carbons (Fsp3) is 0.429. The molecule has 2 fully saturated rings. The Morgan fingerprint density at radius 2 is 1.92 bits per heavy atom. The van der Waals surface area contributed by atoms with E-state index in [2.05, 4.69) is 10.2 Å². The summed E-state index contributed by atoms with van der Waals surface area (Å²) in [6.45, 7) is 4.58. The fourth-order valence-electron chi connectivity index (χ4n) is 5.46. The van der Waals surface area contributed by atoms with Crippen molar-refractivity contribution in [3.63, 3.8) is 0 Å². The van der Waals surface area contributed by atoms with Crippen molar-refractivity contribution in [1.82, 2.24) is 10.2 Å². The number of nitrogens with one attached hydrogen (secondary N) is 1. The molecule has 0 spiro atoms. The second-order valence-corrected chi connectivity index (χ2v) is 10.8. The van der Waals surface area contributed by atoms with Crippen molar-refractivity contribution in [3.8, 4) is 22.8 Å². The summed E-state index contributed by atoms with van der Waals surface area (Å²) in [6.07, 6.45) is 1.34. The van der Waals surface area contributed by atoms with Crippen molar-refractivity contribution >= 4 is 28.5 Å². The maximum atomic E-state index is 13.3. The van der Waals surface area contributed by atoms with Gasteiger partial charge >= 0.3 is 5.97 Å². The number of phenols is 2. The lowest BCUT2D eigenvalue weighted by Gasteiger charge is -2.39. The van der Waals surface area contributed by atoms with Crippen LogP contribution in [0.3, 0.4) is 0 Å². The quantitative estimate of drug-likeness (QED) is 0.433. The number of hydrogen-bond acceptors (Lipinski definition) is 8. The summed E-state index contributed by atoms with van der Waals surface area (Å²) in [5.41, 5.74) is -0.112. The van der Waals surface area contributed by atoms with Crippen LogP contribution in [0.15, 0.2) is 45.6 Å². The maximum Gasteiger partial charge on any atom is 0.312 e. The molecule has 2 atom stereocenters. The second kappa shape index (κ2) is 10.0. The van der Waals surface area contributed by atoms with Gasteiger partial charge in [-0.15, -0.1) is 0 Å². The number of rotatable bonds is 4. The molecule has 5 rings (SSSR count). The van der Waals surface area contributed by atoms with Crippen molar-refractivity contribution in [2.45, 2.75) is 38.2 Å². The molecule has 0 radical (unpaired) electrons. The zero-order valence-electron chi connectivity index (χ0n) is 20.9. The predicted octanol–water partition coefficient (Wildman–Crippen LogP) is 4.25. The molecule has 3 heterocycles. The Balaban J connectivity index is 1.62. The number of nitrogens with zero attached hydrogens (tertiary/aromatic N) is 1. The van der Waals surface area contributed by atoms with Crippen LogP contribution in [0.2, 0.25) is 5.02 Å². The Morgan fingerprint density at radius 1 is 1.19 bits per heavy atom. The Hall–Kier alpha value is -3.07. The van der Waals surface area contributed by atoms with Crippen molar-refractivity contribution in [2.24, 2.45) is 5.41 Å². The molecule has 3 aromatic rings. The molecule has 0 aliphatic carbocycles. The highest BCUT2D eigenvalue weighted by molar-refractivity contribution is 6.33. The van der Waals surface area contributed by atoms with Gasteiger partial charge in [0.2, 0.25) is 0 Å². The summed E-state index contributed by atoms with van der Waals surface area (Å²) in [5.74, 6) is -1.08. The molecule has 0 bridgehead atoms. The van der Waals surface area contributed by atoms with Gasteiger partial charge in [0.15, 0.2) is 5.43 Å². The lowest BCUT2D eigenvalue weighted by Crippen LogP contribution is -2.47. The summed E-state index contributed by atoms with van der Waals surface area (Å²) in [4.78, 5) is 28.6. The third-order valence-electron chi connectivity index (χ3n) is 7.73. The molecule has 0 amide bonds. The number of carbonyl (C=O) groups is 1. The van der Waals surface area contributed by atoms with E-state index in [1.165, 1.54) is 6.07 Å². The van der Waals surface area contributed by atoms with E-state index in [9.17, 15) is 19.8 Å². The lowest BCUT2D eigenvalue weighted by atomic mass is 9.80. The Labute approximate surface area is 219 Å². The standard InChI is InChI=1S/C28H31ClN2O6/c1-28(8-10-30-11-9-28)27(35)37-23-15-31(2)12-7-17(23)24-19(32)13-20(33)25-21(34)14-22(36-26(24)25)16-5-3-4-6-18(16)29/h3-6,13-14,17,23,30,32-33H,7-12,15H2,1-2H3/t17-,23+/m0/s1. The Bertz CT molecular complexity index is 1400. The number of phenolic OH excluding ortho intramolecular Hbond substituents is 2. The first-order valence-corrected chi connectivity index (χ1v) is 12.9. The largest absolute Gasteiger partial charge is 0.507 e. The smallest absolute Gasteiger partial charge is 0.312 e. The summed E-state index contributed by atoms with van der Waals surface area (Å²) < 4.78 is 12.4. The van der Waals surface area contributed by atoms with E-state index in [0.717, 1.165) is 19.2 Å². The van der Waals surface area contributed by atoms with Gasteiger partial charge in [0, 0.05) is 35.7 Å². The molecule has 37 heavy (non-hydrogen) atoms. The van der Waals surface area contributed by atoms with Crippen LogP contribution in [0.1, 0.15) is 37.7 Å². The van der Waals surface area contributed by atoms with Gasteiger partial charge in [0.25, 0.3) is 0 Å². The zero-order chi connectivity index (χ0) is 26.3. The van der Waals surface area contributed by atoms with Crippen LogP contribution in [0.25, 0.3) is 22.3 Å². The fourth-order valence-corrected chi connectivity index (χ4v) is 5.69. The van der Waals surface area contributed by atoms with Gasteiger partial charge in [-0.2, -0.15) is 0 Å². The zero-order valence-corrected chi connectivity index (χ0v) is 21.7. The maximum absolute atomic E-state index is 13.3. The average Bonchev–Trinajstić information content (AvgIpc) is 2.85. The van der Waals surface area contributed by atoms with Crippen LogP contribution >= 0.6 is 11.6 Å². The molecular formula is C28H31ClN2O6. The molecule has 8 nitrogen and oxygen atoms in total. The van der Waals surface area contributed by atoms with E-state index in [4.69, 9.17) is 20.8 Å². The Morgan fingerprint density at radius 3 is 2.65 bits per heavy atom. The van der Waals surface area contributed by atoms with Gasteiger partial charge in [-0.1, -0.05) is 23.7 Å². The minimum atomic E-state index is -0.589. The summed E-state index contributed by atoms with van der Waals surface area (Å²) in [7, 11) is 1.95.